The molecule has 4 N–H and O–H groups in total. The first-order valence-electron chi connectivity index (χ1n) is 9.18. The second kappa shape index (κ2) is 6.02. The van der Waals surface area contributed by atoms with Crippen LogP contribution in [-0.4, -0.2) is 20.2 Å². The van der Waals surface area contributed by atoms with Crippen molar-refractivity contribution in [1.82, 2.24) is 20.2 Å². The van der Waals surface area contributed by atoms with Gasteiger partial charge in [-0.15, -0.1) is 0 Å². The van der Waals surface area contributed by atoms with Gasteiger partial charge in [0.25, 0.3) is 5.56 Å². The molecule has 4 aromatic rings. The summed E-state index contributed by atoms with van der Waals surface area (Å²) in [5.41, 5.74) is 11.7. The molecule has 1 aliphatic rings. The number of pyridine rings is 2. The van der Waals surface area contributed by atoms with Crippen LogP contribution in [0.4, 0.5) is 10.1 Å². The van der Waals surface area contributed by atoms with Gasteiger partial charge >= 0.3 is 0 Å². The Balaban J connectivity index is 1.87. The van der Waals surface area contributed by atoms with E-state index in [0.29, 0.717) is 27.5 Å². The Hall–Kier alpha value is -3.48. The van der Waals surface area contributed by atoms with Gasteiger partial charge < -0.3 is 10.7 Å². The lowest BCUT2D eigenvalue weighted by atomic mass is 9.95. The topological polar surface area (TPSA) is 100 Å². The first kappa shape index (κ1) is 16.7. The molecule has 0 saturated carbocycles. The molecule has 0 radical (unpaired) electrons. The van der Waals surface area contributed by atoms with Crippen molar-refractivity contribution in [3.63, 3.8) is 0 Å². The van der Waals surface area contributed by atoms with Crippen LogP contribution in [0.15, 0.2) is 35.4 Å². The Morgan fingerprint density at radius 3 is 2.82 bits per heavy atom. The number of H-pyrrole nitrogens is 2. The van der Waals surface area contributed by atoms with Gasteiger partial charge in [-0.3, -0.25) is 14.9 Å². The molecule has 0 unspecified atom stereocenters. The number of fused-ring (bicyclic) bond motifs is 2. The summed E-state index contributed by atoms with van der Waals surface area (Å²) >= 11 is 0. The summed E-state index contributed by atoms with van der Waals surface area (Å²) < 4.78 is 14.1. The number of nitrogens with zero attached hydrogens (tertiary/aromatic N) is 2. The molecule has 0 saturated heterocycles. The number of aryl methyl sites for hydroxylation is 1. The average molecular weight is 375 g/mol. The first-order valence-corrected chi connectivity index (χ1v) is 9.18. The second-order valence-electron chi connectivity index (χ2n) is 7.14. The van der Waals surface area contributed by atoms with Crippen LogP contribution in [0.1, 0.15) is 30.4 Å². The number of nitrogens with two attached hydrogens (primary N) is 1. The lowest BCUT2D eigenvalue weighted by Crippen LogP contribution is -2.15. The molecule has 5 rings (SSSR count). The largest absolute Gasteiger partial charge is 0.394 e. The molecule has 6 nitrogen and oxygen atoms in total. The molecule has 0 atom stereocenters. The molecule has 140 valence electrons. The number of halogens is 1. The number of nitrogens with one attached hydrogen (secondary N) is 2. The zero-order chi connectivity index (χ0) is 19.4. The summed E-state index contributed by atoms with van der Waals surface area (Å²) in [6, 6.07) is 2.95. The maximum atomic E-state index is 14.1. The Labute approximate surface area is 159 Å². The normalized spacial score (nSPS) is 14.1. The number of benzene rings is 1. The maximum Gasteiger partial charge on any atom is 0.272 e. The van der Waals surface area contributed by atoms with E-state index in [1.54, 1.807) is 6.07 Å². The number of rotatable bonds is 2. The maximum absolute atomic E-state index is 14.1. The lowest BCUT2D eigenvalue weighted by Gasteiger charge is -2.14. The summed E-state index contributed by atoms with van der Waals surface area (Å²) in [5, 5.41) is 7.16. The quantitative estimate of drug-likeness (QED) is 0.492. The van der Waals surface area contributed by atoms with E-state index >= 15 is 0 Å². The highest BCUT2D eigenvalue weighted by molar-refractivity contribution is 6.07. The number of hydrogen-bond acceptors (Lipinski definition) is 4. The fourth-order valence-electron chi connectivity index (χ4n) is 4.10. The van der Waals surface area contributed by atoms with Crippen LogP contribution in [0.3, 0.4) is 0 Å². The molecule has 7 heteroatoms. The molecule has 1 aliphatic carbocycles. The monoisotopic (exact) mass is 375 g/mol. The molecule has 0 bridgehead atoms. The van der Waals surface area contributed by atoms with E-state index in [1.165, 1.54) is 17.8 Å². The van der Waals surface area contributed by atoms with Gasteiger partial charge in [-0.1, -0.05) is 12.1 Å². The van der Waals surface area contributed by atoms with Crippen molar-refractivity contribution in [2.75, 3.05) is 5.73 Å². The van der Waals surface area contributed by atoms with Crippen LogP contribution in [0.5, 0.6) is 0 Å². The minimum atomic E-state index is -0.413. The fourth-order valence-corrected chi connectivity index (χ4v) is 4.10. The van der Waals surface area contributed by atoms with E-state index in [1.807, 2.05) is 13.1 Å². The molecule has 0 fully saturated rings. The van der Waals surface area contributed by atoms with Crippen molar-refractivity contribution in [2.24, 2.45) is 0 Å². The number of nitrogen functional groups attached to an aromatic ring is 1. The first-order chi connectivity index (χ1) is 13.6. The Bertz CT molecular complexity index is 1350. The number of aromatic nitrogens is 4. The molecule has 3 aromatic heterocycles. The predicted molar refractivity (Wildman–Crippen MR) is 108 cm³/mol. The number of anilines is 1. The molecule has 0 spiro atoms. The Morgan fingerprint density at radius 1 is 1.18 bits per heavy atom. The predicted octanol–water partition coefficient (Wildman–Crippen LogP) is 4.06. The molecule has 0 aliphatic heterocycles. The number of hydrogen-bond donors (Lipinski definition) is 3. The van der Waals surface area contributed by atoms with Gasteiger partial charge in [-0.05, 0) is 49.0 Å². The van der Waals surface area contributed by atoms with Crippen molar-refractivity contribution in [3.05, 3.63) is 57.9 Å². The zero-order valence-corrected chi connectivity index (χ0v) is 15.3. The third-order valence-electron chi connectivity index (χ3n) is 5.55. The van der Waals surface area contributed by atoms with Gasteiger partial charge in [-0.25, -0.2) is 4.39 Å². The van der Waals surface area contributed by atoms with Gasteiger partial charge in [0, 0.05) is 22.7 Å². The van der Waals surface area contributed by atoms with Crippen LogP contribution in [0.25, 0.3) is 38.6 Å². The number of aromatic amines is 2. The van der Waals surface area contributed by atoms with Gasteiger partial charge in [-0.2, -0.15) is 5.10 Å². The molecule has 3 heterocycles. The smallest absolute Gasteiger partial charge is 0.272 e. The van der Waals surface area contributed by atoms with E-state index in [4.69, 9.17) is 5.73 Å². The summed E-state index contributed by atoms with van der Waals surface area (Å²) in [7, 11) is 0. The van der Waals surface area contributed by atoms with Crippen molar-refractivity contribution in [1.29, 1.82) is 0 Å². The van der Waals surface area contributed by atoms with Crippen LogP contribution in [0.2, 0.25) is 0 Å². The minimum absolute atomic E-state index is 0.0568. The van der Waals surface area contributed by atoms with E-state index in [0.717, 1.165) is 30.4 Å². The minimum Gasteiger partial charge on any atom is -0.394 e. The highest BCUT2D eigenvalue weighted by atomic mass is 19.1. The summed E-state index contributed by atoms with van der Waals surface area (Å²) in [5.74, 6) is -0.413. The van der Waals surface area contributed by atoms with Gasteiger partial charge in [0.05, 0.1) is 17.2 Å². The van der Waals surface area contributed by atoms with Crippen LogP contribution in [-0.2, 0) is 0 Å². The van der Waals surface area contributed by atoms with E-state index in [-0.39, 0.29) is 16.8 Å². The molecule has 28 heavy (non-hydrogen) atoms. The van der Waals surface area contributed by atoms with Crippen molar-refractivity contribution < 1.29 is 4.39 Å². The molecular weight excluding hydrogens is 357 g/mol. The zero-order valence-electron chi connectivity index (χ0n) is 15.3. The molecular formula is C21H18FN5O. The van der Waals surface area contributed by atoms with E-state index in [2.05, 4.69) is 26.2 Å². The highest BCUT2D eigenvalue weighted by Gasteiger charge is 2.20. The summed E-state index contributed by atoms with van der Waals surface area (Å²) in [6.07, 6.45) is 8.79. The third-order valence-corrected chi connectivity index (χ3v) is 5.55. The summed E-state index contributed by atoms with van der Waals surface area (Å²) in [6.45, 7) is 1.98. The van der Waals surface area contributed by atoms with Crippen molar-refractivity contribution >= 4 is 33.2 Å². The van der Waals surface area contributed by atoms with Crippen molar-refractivity contribution in [2.45, 2.75) is 26.2 Å². The SMILES string of the molecule is Cc1c(C2=CCCC2)cnc2c(-c3ccc(F)c4[nH]ncc34)c(N)c(=O)[nH]c12. The molecule has 1 aromatic carbocycles. The highest BCUT2D eigenvalue weighted by Crippen LogP contribution is 2.38. The second-order valence-corrected chi connectivity index (χ2v) is 7.14. The van der Waals surface area contributed by atoms with E-state index in [9.17, 15) is 9.18 Å². The third kappa shape index (κ3) is 2.29. The van der Waals surface area contributed by atoms with Crippen LogP contribution < -0.4 is 11.3 Å². The Kier molecular flexibility index (Phi) is 3.58. The number of allylic oxidation sites excluding steroid dienone is 2. The average Bonchev–Trinajstić information content (AvgIpc) is 3.37. The van der Waals surface area contributed by atoms with Gasteiger partial charge in [0.2, 0.25) is 0 Å². The lowest BCUT2D eigenvalue weighted by molar-refractivity contribution is 0.636. The van der Waals surface area contributed by atoms with E-state index < -0.39 is 5.82 Å². The summed E-state index contributed by atoms with van der Waals surface area (Å²) in [4.78, 5) is 20.2. The molecule has 0 amide bonds. The van der Waals surface area contributed by atoms with Crippen molar-refractivity contribution in [3.8, 4) is 11.1 Å². The van der Waals surface area contributed by atoms with Crippen LogP contribution in [0, 0.1) is 12.7 Å². The standard InChI is InChI=1S/C21H18FN5O/c1-10-13(11-4-2-3-5-11)8-24-20-16(17(23)21(28)26-18(10)20)12-6-7-15(22)19-14(12)9-25-27-19/h4,6-9H,2-3,5,23H2,1H3,(H,25,27)(H,26,28). The van der Waals surface area contributed by atoms with Gasteiger partial charge in [0.1, 0.15) is 17.0 Å². The van der Waals surface area contributed by atoms with Gasteiger partial charge in [0.15, 0.2) is 0 Å². The van der Waals surface area contributed by atoms with Crippen LogP contribution >= 0.6 is 0 Å². The Morgan fingerprint density at radius 2 is 2.04 bits per heavy atom. The fraction of sp³-hybridized carbons (Fsp3) is 0.190.